The second-order valence-corrected chi connectivity index (χ2v) is 5.57. The van der Waals surface area contributed by atoms with Gasteiger partial charge in [0.15, 0.2) is 0 Å². The maximum atomic E-state index is 11.9. The van der Waals surface area contributed by atoms with Crippen LogP contribution in [0.3, 0.4) is 0 Å². The highest BCUT2D eigenvalue weighted by Gasteiger charge is 2.38. The zero-order valence-electron chi connectivity index (χ0n) is 9.61. The first-order valence-corrected chi connectivity index (χ1v) is 6.70. The third-order valence-electron chi connectivity index (χ3n) is 3.56. The van der Waals surface area contributed by atoms with Crippen LogP contribution in [0.2, 0.25) is 0 Å². The number of ether oxygens (including phenoxy) is 1. The van der Waals surface area contributed by atoms with Gasteiger partial charge in [0.05, 0.1) is 6.61 Å². The Morgan fingerprint density at radius 3 is 2.89 bits per heavy atom. The minimum atomic E-state index is -0.175. The number of carbonyl (C=O) groups is 2. The maximum Gasteiger partial charge on any atom is 0.230 e. The van der Waals surface area contributed by atoms with E-state index >= 15 is 0 Å². The normalized spacial score (nSPS) is 26.5. The Bertz CT molecular complexity index is 529. The summed E-state index contributed by atoms with van der Waals surface area (Å²) in [6, 6.07) is 5.86. The topological polar surface area (TPSA) is 55.4 Å². The van der Waals surface area contributed by atoms with Gasteiger partial charge in [0.25, 0.3) is 0 Å². The highest BCUT2D eigenvalue weighted by atomic mass is 79.9. The summed E-state index contributed by atoms with van der Waals surface area (Å²) in [4.78, 5) is 23.0. The van der Waals surface area contributed by atoms with Crippen molar-refractivity contribution in [3.05, 3.63) is 28.2 Å². The number of rotatable bonds is 1. The lowest BCUT2D eigenvalue weighted by atomic mass is 9.82. The molecule has 0 aliphatic carbocycles. The lowest BCUT2D eigenvalue weighted by Crippen LogP contribution is -2.43. The van der Waals surface area contributed by atoms with Gasteiger partial charge in [-0.05, 0) is 18.6 Å². The van der Waals surface area contributed by atoms with Crippen molar-refractivity contribution in [2.24, 2.45) is 5.92 Å². The fraction of sp³-hybridized carbons (Fsp3) is 0.385. The van der Waals surface area contributed by atoms with Gasteiger partial charge >= 0.3 is 0 Å². The SMILES string of the molecule is O=C1CCC(C2COc3cc(Br)ccc32)C(=O)N1. The molecule has 2 atom stereocenters. The van der Waals surface area contributed by atoms with Gasteiger partial charge in [-0.1, -0.05) is 22.0 Å². The fourth-order valence-electron chi connectivity index (χ4n) is 2.64. The van der Waals surface area contributed by atoms with E-state index in [2.05, 4.69) is 21.2 Å². The molecule has 18 heavy (non-hydrogen) atoms. The molecule has 0 aromatic heterocycles. The van der Waals surface area contributed by atoms with Gasteiger partial charge in [0.2, 0.25) is 11.8 Å². The molecule has 2 aliphatic heterocycles. The minimum Gasteiger partial charge on any atom is -0.493 e. The summed E-state index contributed by atoms with van der Waals surface area (Å²) in [6.45, 7) is 0.512. The van der Waals surface area contributed by atoms with Crippen molar-refractivity contribution in [2.75, 3.05) is 6.61 Å². The molecule has 0 saturated carbocycles. The first-order chi connectivity index (χ1) is 8.65. The highest BCUT2D eigenvalue weighted by molar-refractivity contribution is 9.10. The zero-order valence-corrected chi connectivity index (χ0v) is 11.2. The zero-order chi connectivity index (χ0) is 12.7. The highest BCUT2D eigenvalue weighted by Crippen LogP contribution is 2.41. The molecule has 2 aliphatic rings. The van der Waals surface area contributed by atoms with Gasteiger partial charge in [-0.2, -0.15) is 0 Å². The standard InChI is InChI=1S/C13H12BrNO3/c14-7-1-2-8-10(6-18-11(8)5-7)9-3-4-12(16)15-13(9)17/h1-2,5,9-10H,3-4,6H2,(H,15,16,17). The lowest BCUT2D eigenvalue weighted by Gasteiger charge is -2.25. The fourth-order valence-corrected chi connectivity index (χ4v) is 2.98. The molecule has 0 radical (unpaired) electrons. The van der Waals surface area contributed by atoms with E-state index in [1.165, 1.54) is 0 Å². The van der Waals surface area contributed by atoms with Gasteiger partial charge < -0.3 is 4.74 Å². The average Bonchev–Trinajstić information content (AvgIpc) is 2.72. The van der Waals surface area contributed by atoms with Crippen LogP contribution in [0.1, 0.15) is 24.3 Å². The Hall–Kier alpha value is -1.36. The Morgan fingerprint density at radius 1 is 1.28 bits per heavy atom. The van der Waals surface area contributed by atoms with Crippen LogP contribution in [-0.2, 0) is 9.59 Å². The Labute approximate surface area is 113 Å². The third-order valence-corrected chi connectivity index (χ3v) is 4.05. The predicted octanol–water partition coefficient (Wildman–Crippen LogP) is 1.98. The van der Waals surface area contributed by atoms with Crippen molar-refractivity contribution in [1.29, 1.82) is 0 Å². The van der Waals surface area contributed by atoms with Crippen LogP contribution in [0.5, 0.6) is 5.75 Å². The molecular weight excluding hydrogens is 298 g/mol. The molecular formula is C13H12BrNO3. The van der Waals surface area contributed by atoms with E-state index in [0.29, 0.717) is 19.4 Å². The number of benzene rings is 1. The monoisotopic (exact) mass is 309 g/mol. The van der Waals surface area contributed by atoms with Crippen LogP contribution in [0, 0.1) is 5.92 Å². The van der Waals surface area contributed by atoms with Crippen LogP contribution in [0.4, 0.5) is 0 Å². The van der Waals surface area contributed by atoms with Crippen LogP contribution in [0.25, 0.3) is 0 Å². The van der Waals surface area contributed by atoms with E-state index < -0.39 is 0 Å². The molecule has 3 rings (SSSR count). The van der Waals surface area contributed by atoms with E-state index in [9.17, 15) is 9.59 Å². The molecule has 0 bridgehead atoms. The third kappa shape index (κ3) is 1.92. The Balaban J connectivity index is 1.88. The predicted molar refractivity (Wildman–Crippen MR) is 68.3 cm³/mol. The summed E-state index contributed by atoms with van der Waals surface area (Å²) in [7, 11) is 0. The summed E-state index contributed by atoms with van der Waals surface area (Å²) in [5.74, 6) is 0.382. The van der Waals surface area contributed by atoms with E-state index in [1.807, 2.05) is 18.2 Å². The summed E-state index contributed by atoms with van der Waals surface area (Å²) in [5.41, 5.74) is 1.06. The average molecular weight is 310 g/mol. The molecule has 1 N–H and O–H groups in total. The molecule has 2 amide bonds. The van der Waals surface area contributed by atoms with Crippen LogP contribution >= 0.6 is 15.9 Å². The van der Waals surface area contributed by atoms with Crippen molar-refractivity contribution in [2.45, 2.75) is 18.8 Å². The van der Waals surface area contributed by atoms with Crippen LogP contribution < -0.4 is 10.1 Å². The molecule has 0 spiro atoms. The van der Waals surface area contributed by atoms with Gasteiger partial charge in [0, 0.05) is 28.3 Å². The molecule has 1 aromatic carbocycles. The number of hydrogen-bond donors (Lipinski definition) is 1. The first kappa shape index (κ1) is 11.7. The van der Waals surface area contributed by atoms with E-state index in [0.717, 1.165) is 15.8 Å². The first-order valence-electron chi connectivity index (χ1n) is 5.91. The second kappa shape index (κ2) is 4.39. The number of fused-ring (bicyclic) bond motifs is 1. The molecule has 4 nitrogen and oxygen atoms in total. The van der Waals surface area contributed by atoms with Crippen LogP contribution in [-0.4, -0.2) is 18.4 Å². The van der Waals surface area contributed by atoms with Crippen molar-refractivity contribution in [1.82, 2.24) is 5.32 Å². The van der Waals surface area contributed by atoms with Gasteiger partial charge in [-0.3, -0.25) is 14.9 Å². The molecule has 2 unspecified atom stereocenters. The van der Waals surface area contributed by atoms with Crippen LogP contribution in [0.15, 0.2) is 22.7 Å². The maximum absolute atomic E-state index is 11.9. The molecule has 1 fully saturated rings. The van der Waals surface area contributed by atoms with E-state index in [4.69, 9.17) is 4.74 Å². The summed E-state index contributed by atoms with van der Waals surface area (Å²) < 4.78 is 6.59. The minimum absolute atomic E-state index is 0.0567. The van der Waals surface area contributed by atoms with Crippen molar-refractivity contribution < 1.29 is 14.3 Å². The second-order valence-electron chi connectivity index (χ2n) is 4.66. The number of amides is 2. The summed E-state index contributed by atoms with van der Waals surface area (Å²) in [5, 5.41) is 2.41. The number of hydrogen-bond acceptors (Lipinski definition) is 3. The number of piperidine rings is 1. The van der Waals surface area contributed by atoms with Gasteiger partial charge in [-0.15, -0.1) is 0 Å². The van der Waals surface area contributed by atoms with Gasteiger partial charge in [0.1, 0.15) is 5.75 Å². The smallest absolute Gasteiger partial charge is 0.230 e. The Kier molecular flexibility index (Phi) is 2.86. The lowest BCUT2D eigenvalue weighted by molar-refractivity contribution is -0.137. The quantitative estimate of drug-likeness (QED) is 0.807. The number of nitrogens with one attached hydrogen (secondary N) is 1. The molecule has 94 valence electrons. The summed E-state index contributed by atoms with van der Waals surface area (Å²) >= 11 is 3.40. The van der Waals surface area contributed by atoms with E-state index in [-0.39, 0.29) is 23.7 Å². The number of carbonyl (C=O) groups excluding carboxylic acids is 2. The largest absolute Gasteiger partial charge is 0.493 e. The van der Waals surface area contributed by atoms with E-state index in [1.54, 1.807) is 0 Å². The van der Waals surface area contributed by atoms with Crippen molar-refractivity contribution in [3.63, 3.8) is 0 Å². The number of halogens is 1. The van der Waals surface area contributed by atoms with Gasteiger partial charge in [-0.25, -0.2) is 0 Å². The molecule has 2 heterocycles. The summed E-state index contributed by atoms with van der Waals surface area (Å²) in [6.07, 6.45) is 1.02. The Morgan fingerprint density at radius 2 is 2.11 bits per heavy atom. The molecule has 1 saturated heterocycles. The molecule has 1 aromatic rings. The van der Waals surface area contributed by atoms with Crippen molar-refractivity contribution >= 4 is 27.7 Å². The molecule has 5 heteroatoms. The van der Waals surface area contributed by atoms with Crippen molar-refractivity contribution in [3.8, 4) is 5.75 Å². The number of imide groups is 1.